The van der Waals surface area contributed by atoms with E-state index in [1.165, 1.54) is 51.4 Å². The highest BCUT2D eigenvalue weighted by Gasteiger charge is 2.59. The summed E-state index contributed by atoms with van der Waals surface area (Å²) in [5.41, 5.74) is 0.0572. The predicted octanol–water partition coefficient (Wildman–Crippen LogP) is 8.66. The molecular formula is C27H36F6O3. The molecule has 1 aromatic carbocycles. The molecule has 0 saturated heterocycles. The maximum atomic E-state index is 13.4. The van der Waals surface area contributed by atoms with E-state index in [1.54, 1.807) is 0 Å². The van der Waals surface area contributed by atoms with Crippen molar-refractivity contribution in [1.82, 2.24) is 0 Å². The normalized spacial score (nSPS) is 26.3. The van der Waals surface area contributed by atoms with Crippen molar-refractivity contribution < 1.29 is 40.6 Å². The maximum absolute atomic E-state index is 13.4. The quantitative estimate of drug-likeness (QED) is 0.175. The molecule has 9 heteroatoms. The van der Waals surface area contributed by atoms with Gasteiger partial charge in [-0.2, -0.15) is 22.0 Å². The topological polar surface area (TPSA) is 35.5 Å². The molecule has 1 atom stereocenters. The van der Waals surface area contributed by atoms with Gasteiger partial charge >= 0.3 is 18.3 Å². The number of esters is 1. The first kappa shape index (κ1) is 28.6. The van der Waals surface area contributed by atoms with E-state index in [0.29, 0.717) is 5.92 Å². The van der Waals surface area contributed by atoms with E-state index in [-0.39, 0.29) is 11.7 Å². The van der Waals surface area contributed by atoms with Gasteiger partial charge in [-0.3, -0.25) is 0 Å². The summed E-state index contributed by atoms with van der Waals surface area (Å²) in [5.74, 6) is 0.949. The summed E-state index contributed by atoms with van der Waals surface area (Å²) in [4.78, 5) is 12.5. The molecule has 0 heterocycles. The van der Waals surface area contributed by atoms with E-state index in [4.69, 9.17) is 4.74 Å². The molecule has 3 nitrogen and oxygen atoms in total. The predicted molar refractivity (Wildman–Crippen MR) is 124 cm³/mol. The molecule has 3 rings (SSSR count). The summed E-state index contributed by atoms with van der Waals surface area (Å²) >= 11 is 0. The zero-order valence-electron chi connectivity index (χ0n) is 20.7. The molecule has 2 saturated carbocycles. The van der Waals surface area contributed by atoms with E-state index >= 15 is 0 Å². The van der Waals surface area contributed by atoms with Crippen LogP contribution in [-0.4, -0.2) is 30.5 Å². The lowest BCUT2D eigenvalue weighted by Gasteiger charge is -2.37. The van der Waals surface area contributed by atoms with Crippen molar-refractivity contribution in [2.45, 2.75) is 109 Å². The first-order valence-corrected chi connectivity index (χ1v) is 13.1. The smallest absolute Gasteiger partial charge is 0.439 e. The minimum atomic E-state index is -5.76. The second-order valence-corrected chi connectivity index (χ2v) is 10.3. The number of hydrogen-bond donors (Lipinski definition) is 0. The number of unbranched alkanes of at least 4 members (excludes halogenated alkanes) is 2. The number of hydrogen-bond acceptors (Lipinski definition) is 3. The van der Waals surface area contributed by atoms with Gasteiger partial charge in [0.05, 0.1) is 5.56 Å². The Morgan fingerprint density at radius 2 is 1.44 bits per heavy atom. The second-order valence-electron chi connectivity index (χ2n) is 10.3. The van der Waals surface area contributed by atoms with Crippen molar-refractivity contribution in [2.75, 3.05) is 0 Å². The van der Waals surface area contributed by atoms with Gasteiger partial charge < -0.3 is 9.47 Å². The Morgan fingerprint density at radius 1 is 0.889 bits per heavy atom. The molecule has 0 spiro atoms. The second kappa shape index (κ2) is 12.5. The van der Waals surface area contributed by atoms with Crippen LogP contribution in [0, 0.1) is 17.8 Å². The molecule has 0 radical (unpaired) electrons. The first-order valence-electron chi connectivity index (χ1n) is 13.1. The highest BCUT2D eigenvalue weighted by atomic mass is 19.4. The van der Waals surface area contributed by atoms with Crippen LogP contribution in [0.25, 0.3) is 0 Å². The fourth-order valence-electron chi connectivity index (χ4n) is 5.59. The van der Waals surface area contributed by atoms with Crippen LogP contribution in [0.4, 0.5) is 26.3 Å². The molecular weight excluding hydrogens is 486 g/mol. The van der Waals surface area contributed by atoms with Crippen LogP contribution < -0.4 is 4.74 Å². The Balaban J connectivity index is 1.41. The molecule has 0 bridgehead atoms. The number of rotatable bonds is 10. The zero-order valence-corrected chi connectivity index (χ0v) is 20.7. The Kier molecular flexibility index (Phi) is 9.98. The third kappa shape index (κ3) is 8.04. The molecule has 2 aliphatic carbocycles. The van der Waals surface area contributed by atoms with Gasteiger partial charge in [0, 0.05) is 0 Å². The van der Waals surface area contributed by atoms with Gasteiger partial charge in [-0.25, -0.2) is 9.18 Å². The van der Waals surface area contributed by atoms with Crippen LogP contribution >= 0.6 is 0 Å². The van der Waals surface area contributed by atoms with Gasteiger partial charge in [-0.1, -0.05) is 45.4 Å². The molecule has 1 unspecified atom stereocenters. The fraction of sp³-hybridized carbons (Fsp3) is 0.741. The standard InChI is InChI=1S/C27H36F6O3/c1-2-3-4-5-18-6-8-19(9-7-18)20-10-14-22(15-11-20)35-24(34)21-12-16-23(17-13-21)36-27(32,33)25(28)26(29,30)31/h12-13,16-20,22,25H,2-11,14-15H2,1H3. The third-order valence-electron chi connectivity index (χ3n) is 7.69. The lowest BCUT2D eigenvalue weighted by atomic mass is 9.70. The third-order valence-corrected chi connectivity index (χ3v) is 7.69. The molecule has 1 aromatic rings. The van der Waals surface area contributed by atoms with Crippen molar-refractivity contribution in [3.05, 3.63) is 29.8 Å². The van der Waals surface area contributed by atoms with E-state index in [2.05, 4.69) is 11.7 Å². The highest BCUT2D eigenvalue weighted by Crippen LogP contribution is 2.42. The molecule has 2 aliphatic rings. The summed E-state index contributed by atoms with van der Waals surface area (Å²) in [7, 11) is 0. The van der Waals surface area contributed by atoms with Crippen LogP contribution in [0.3, 0.4) is 0 Å². The van der Waals surface area contributed by atoms with Gasteiger partial charge in [-0.05, 0) is 80.5 Å². The van der Waals surface area contributed by atoms with Gasteiger partial charge in [0.1, 0.15) is 11.9 Å². The number of ether oxygens (including phenoxy) is 2. The van der Waals surface area contributed by atoms with Crippen LogP contribution in [0.1, 0.15) is 94.3 Å². The Hall–Kier alpha value is -1.93. The van der Waals surface area contributed by atoms with E-state index in [9.17, 15) is 31.1 Å². The van der Waals surface area contributed by atoms with Crippen molar-refractivity contribution in [2.24, 2.45) is 17.8 Å². The van der Waals surface area contributed by atoms with Crippen molar-refractivity contribution in [3.8, 4) is 5.75 Å². The molecule has 0 aliphatic heterocycles. The lowest BCUT2D eigenvalue weighted by molar-refractivity contribution is -0.304. The highest BCUT2D eigenvalue weighted by molar-refractivity contribution is 5.89. The monoisotopic (exact) mass is 522 g/mol. The average molecular weight is 523 g/mol. The Morgan fingerprint density at radius 3 is 1.97 bits per heavy atom. The molecule has 0 N–H and O–H groups in total. The van der Waals surface area contributed by atoms with Crippen LogP contribution in [0.15, 0.2) is 24.3 Å². The first-order chi connectivity index (χ1) is 17.0. The summed E-state index contributed by atoms with van der Waals surface area (Å²) in [5, 5.41) is 0. The zero-order chi connectivity index (χ0) is 26.3. The summed E-state index contributed by atoms with van der Waals surface area (Å²) in [6.45, 7) is 2.23. The minimum Gasteiger partial charge on any atom is -0.459 e. The van der Waals surface area contributed by atoms with Crippen molar-refractivity contribution >= 4 is 5.97 Å². The molecule has 0 aromatic heterocycles. The number of carbonyl (C=O) groups is 1. The number of alkyl halides is 6. The van der Waals surface area contributed by atoms with Crippen LogP contribution in [0.5, 0.6) is 5.75 Å². The summed E-state index contributed by atoms with van der Waals surface area (Å²) in [6.07, 6.45) is -1.52. The Bertz CT molecular complexity index is 810. The average Bonchev–Trinajstić information content (AvgIpc) is 2.84. The van der Waals surface area contributed by atoms with Gasteiger partial charge in [-0.15, -0.1) is 0 Å². The SMILES string of the molecule is CCCCCC1CCC(C2CCC(OC(=O)c3ccc(OC(F)(F)C(F)C(F)(F)F)cc3)CC2)CC1. The number of halogens is 6. The van der Waals surface area contributed by atoms with E-state index in [1.807, 2.05) is 0 Å². The molecule has 36 heavy (non-hydrogen) atoms. The minimum absolute atomic E-state index is 0.0572. The van der Waals surface area contributed by atoms with Gasteiger partial charge in [0.15, 0.2) is 0 Å². The van der Waals surface area contributed by atoms with E-state index in [0.717, 1.165) is 61.8 Å². The Labute approximate surface area is 208 Å². The van der Waals surface area contributed by atoms with E-state index < -0.39 is 30.2 Å². The summed E-state index contributed by atoms with van der Waals surface area (Å²) in [6, 6.07) is 4.00. The fourth-order valence-corrected chi connectivity index (χ4v) is 5.59. The van der Waals surface area contributed by atoms with Gasteiger partial charge in [0.2, 0.25) is 0 Å². The summed E-state index contributed by atoms with van der Waals surface area (Å²) < 4.78 is 86.0. The molecule has 2 fully saturated rings. The number of carbonyl (C=O) groups excluding carboxylic acids is 1. The molecule has 0 amide bonds. The largest absolute Gasteiger partial charge is 0.459 e. The van der Waals surface area contributed by atoms with Crippen molar-refractivity contribution in [3.63, 3.8) is 0 Å². The number of benzene rings is 1. The lowest BCUT2D eigenvalue weighted by Crippen LogP contribution is -2.45. The molecule has 204 valence electrons. The maximum Gasteiger partial charge on any atom is 0.439 e. The van der Waals surface area contributed by atoms with Crippen LogP contribution in [-0.2, 0) is 4.74 Å². The van der Waals surface area contributed by atoms with Crippen LogP contribution in [0.2, 0.25) is 0 Å². The van der Waals surface area contributed by atoms with Gasteiger partial charge in [0.25, 0.3) is 6.17 Å². The van der Waals surface area contributed by atoms with Crippen molar-refractivity contribution in [1.29, 1.82) is 0 Å².